The lowest BCUT2D eigenvalue weighted by Gasteiger charge is -2.28. The molecule has 0 aliphatic heterocycles. The summed E-state index contributed by atoms with van der Waals surface area (Å²) in [6.45, 7) is 9.36. The Kier molecular flexibility index (Phi) is 6.32. The molecule has 0 spiro atoms. The SMILES string of the molecule is CCC(C)CC(c1ccccc1)C(CC)CC. The molecule has 17 heavy (non-hydrogen) atoms. The summed E-state index contributed by atoms with van der Waals surface area (Å²) >= 11 is 0. The minimum atomic E-state index is 0.751. The predicted octanol–water partition coefficient (Wildman–Crippen LogP) is 5.64. The Morgan fingerprint density at radius 1 is 0.882 bits per heavy atom. The molecule has 0 aliphatic rings. The number of hydrogen-bond donors (Lipinski definition) is 0. The van der Waals surface area contributed by atoms with Gasteiger partial charge in [-0.1, -0.05) is 77.3 Å². The first-order chi connectivity index (χ1) is 8.22. The lowest BCUT2D eigenvalue weighted by molar-refractivity contribution is 0.331. The molecule has 96 valence electrons. The molecule has 0 bridgehead atoms. The second kappa shape index (κ2) is 7.53. The van der Waals surface area contributed by atoms with E-state index < -0.39 is 0 Å². The van der Waals surface area contributed by atoms with E-state index in [0.29, 0.717) is 0 Å². The highest BCUT2D eigenvalue weighted by atomic mass is 14.3. The summed E-state index contributed by atoms with van der Waals surface area (Å²) in [6, 6.07) is 11.1. The van der Waals surface area contributed by atoms with Crippen molar-refractivity contribution in [3.63, 3.8) is 0 Å². The van der Waals surface area contributed by atoms with Crippen molar-refractivity contribution in [1.82, 2.24) is 0 Å². The Labute approximate surface area is 107 Å². The highest BCUT2D eigenvalue weighted by Gasteiger charge is 2.21. The van der Waals surface area contributed by atoms with E-state index in [0.717, 1.165) is 17.8 Å². The second-order valence-corrected chi connectivity index (χ2v) is 5.34. The molecule has 0 radical (unpaired) electrons. The fraction of sp³-hybridized carbons (Fsp3) is 0.647. The lowest BCUT2D eigenvalue weighted by Crippen LogP contribution is -2.14. The van der Waals surface area contributed by atoms with Gasteiger partial charge in [-0.25, -0.2) is 0 Å². The highest BCUT2D eigenvalue weighted by molar-refractivity contribution is 5.20. The van der Waals surface area contributed by atoms with Crippen LogP contribution < -0.4 is 0 Å². The van der Waals surface area contributed by atoms with Crippen LogP contribution in [0, 0.1) is 11.8 Å². The van der Waals surface area contributed by atoms with Crippen LogP contribution in [0.1, 0.15) is 64.9 Å². The van der Waals surface area contributed by atoms with Crippen LogP contribution in [0.5, 0.6) is 0 Å². The first kappa shape index (κ1) is 14.3. The van der Waals surface area contributed by atoms with Crippen molar-refractivity contribution in [2.75, 3.05) is 0 Å². The molecule has 0 aromatic heterocycles. The summed E-state index contributed by atoms with van der Waals surface area (Å²) in [5, 5.41) is 0. The molecule has 0 amide bonds. The molecule has 0 fully saturated rings. The van der Waals surface area contributed by atoms with E-state index in [4.69, 9.17) is 0 Å². The van der Waals surface area contributed by atoms with Crippen LogP contribution in [-0.4, -0.2) is 0 Å². The molecule has 0 aliphatic carbocycles. The molecule has 2 unspecified atom stereocenters. The normalized spacial score (nSPS) is 14.9. The van der Waals surface area contributed by atoms with Crippen LogP contribution in [0.2, 0.25) is 0 Å². The molecule has 1 aromatic carbocycles. The Bertz CT molecular complexity index is 284. The quantitative estimate of drug-likeness (QED) is 0.570. The summed E-state index contributed by atoms with van der Waals surface area (Å²) in [5.74, 6) is 2.42. The molecule has 1 rings (SSSR count). The fourth-order valence-corrected chi connectivity index (χ4v) is 2.76. The van der Waals surface area contributed by atoms with Gasteiger partial charge in [0.05, 0.1) is 0 Å². The summed E-state index contributed by atoms with van der Waals surface area (Å²) in [7, 11) is 0. The molecule has 0 saturated carbocycles. The van der Waals surface area contributed by atoms with Crippen LogP contribution in [0.4, 0.5) is 0 Å². The van der Waals surface area contributed by atoms with Gasteiger partial charge in [0.25, 0.3) is 0 Å². The van der Waals surface area contributed by atoms with Crippen LogP contribution in [-0.2, 0) is 0 Å². The lowest BCUT2D eigenvalue weighted by atomic mass is 9.77. The van der Waals surface area contributed by atoms with Crippen LogP contribution in [0.25, 0.3) is 0 Å². The van der Waals surface area contributed by atoms with Crippen LogP contribution in [0.15, 0.2) is 30.3 Å². The topological polar surface area (TPSA) is 0 Å². The first-order valence-corrected chi connectivity index (χ1v) is 7.27. The van der Waals surface area contributed by atoms with Gasteiger partial charge in [-0.05, 0) is 29.7 Å². The first-order valence-electron chi connectivity index (χ1n) is 7.27. The van der Waals surface area contributed by atoms with Crippen molar-refractivity contribution in [3.8, 4) is 0 Å². The Morgan fingerprint density at radius 2 is 1.47 bits per heavy atom. The molecule has 0 nitrogen and oxygen atoms in total. The molecule has 0 heterocycles. The molecule has 1 aromatic rings. The minimum absolute atomic E-state index is 0.751. The average molecular weight is 232 g/mol. The maximum Gasteiger partial charge on any atom is -0.0131 e. The van der Waals surface area contributed by atoms with Gasteiger partial charge in [0, 0.05) is 0 Å². The van der Waals surface area contributed by atoms with E-state index >= 15 is 0 Å². The van der Waals surface area contributed by atoms with E-state index in [-0.39, 0.29) is 0 Å². The zero-order valence-electron chi connectivity index (χ0n) is 11.9. The maximum atomic E-state index is 2.39. The minimum Gasteiger partial charge on any atom is -0.0651 e. The fourth-order valence-electron chi connectivity index (χ4n) is 2.76. The van der Waals surface area contributed by atoms with Crippen molar-refractivity contribution in [2.24, 2.45) is 11.8 Å². The van der Waals surface area contributed by atoms with Crippen molar-refractivity contribution in [2.45, 2.75) is 59.3 Å². The van der Waals surface area contributed by atoms with Crippen molar-refractivity contribution in [3.05, 3.63) is 35.9 Å². The van der Waals surface area contributed by atoms with Gasteiger partial charge in [-0.2, -0.15) is 0 Å². The molecule has 0 N–H and O–H groups in total. The highest BCUT2D eigenvalue weighted by Crippen LogP contribution is 2.35. The molecule has 0 saturated heterocycles. The Morgan fingerprint density at radius 3 is 1.94 bits per heavy atom. The number of benzene rings is 1. The third-order valence-corrected chi connectivity index (χ3v) is 4.20. The summed E-state index contributed by atoms with van der Waals surface area (Å²) in [4.78, 5) is 0. The zero-order valence-corrected chi connectivity index (χ0v) is 11.9. The van der Waals surface area contributed by atoms with Crippen LogP contribution >= 0.6 is 0 Å². The predicted molar refractivity (Wildman–Crippen MR) is 77.3 cm³/mol. The smallest absolute Gasteiger partial charge is 0.0131 e. The molecular weight excluding hydrogens is 204 g/mol. The summed E-state index contributed by atoms with van der Waals surface area (Å²) < 4.78 is 0. The molecular formula is C17H28. The Hall–Kier alpha value is -0.780. The van der Waals surface area contributed by atoms with E-state index in [1.54, 1.807) is 5.56 Å². The average Bonchev–Trinajstić information content (AvgIpc) is 2.39. The third kappa shape index (κ3) is 4.18. The van der Waals surface area contributed by atoms with Gasteiger partial charge in [-0.3, -0.25) is 0 Å². The van der Waals surface area contributed by atoms with Gasteiger partial charge >= 0.3 is 0 Å². The third-order valence-electron chi connectivity index (χ3n) is 4.20. The maximum absolute atomic E-state index is 2.39. The van der Waals surface area contributed by atoms with Gasteiger partial charge < -0.3 is 0 Å². The summed E-state index contributed by atoms with van der Waals surface area (Å²) in [5.41, 5.74) is 1.54. The molecule has 0 heteroatoms. The van der Waals surface area contributed by atoms with E-state index in [1.165, 1.54) is 25.7 Å². The van der Waals surface area contributed by atoms with E-state index in [2.05, 4.69) is 58.0 Å². The number of hydrogen-bond acceptors (Lipinski definition) is 0. The largest absolute Gasteiger partial charge is 0.0651 e. The monoisotopic (exact) mass is 232 g/mol. The summed E-state index contributed by atoms with van der Waals surface area (Å²) in [6.07, 6.45) is 5.23. The standard InChI is InChI=1S/C17H28/c1-5-14(4)13-17(15(6-2)7-3)16-11-9-8-10-12-16/h8-12,14-15,17H,5-7,13H2,1-4H3. The van der Waals surface area contributed by atoms with Gasteiger partial charge in [0.15, 0.2) is 0 Å². The van der Waals surface area contributed by atoms with Crippen molar-refractivity contribution in [1.29, 1.82) is 0 Å². The van der Waals surface area contributed by atoms with Crippen molar-refractivity contribution < 1.29 is 0 Å². The van der Waals surface area contributed by atoms with Crippen molar-refractivity contribution >= 4 is 0 Å². The zero-order chi connectivity index (χ0) is 12.7. The van der Waals surface area contributed by atoms with Gasteiger partial charge in [0.1, 0.15) is 0 Å². The number of rotatable bonds is 7. The van der Waals surface area contributed by atoms with E-state index in [9.17, 15) is 0 Å². The Balaban J connectivity index is 2.85. The second-order valence-electron chi connectivity index (χ2n) is 5.34. The van der Waals surface area contributed by atoms with E-state index in [1.807, 2.05) is 0 Å². The molecule has 2 atom stereocenters. The van der Waals surface area contributed by atoms with Gasteiger partial charge in [-0.15, -0.1) is 0 Å². The van der Waals surface area contributed by atoms with Crippen LogP contribution in [0.3, 0.4) is 0 Å². The van der Waals surface area contributed by atoms with Gasteiger partial charge in [0.2, 0.25) is 0 Å².